The molecule has 0 bridgehead atoms. The lowest BCUT2D eigenvalue weighted by atomic mass is 10.3. The fraction of sp³-hybridized carbons (Fsp3) is 0.571. The summed E-state index contributed by atoms with van der Waals surface area (Å²) in [5.41, 5.74) is 0.150. The number of aromatic nitrogens is 1. The molecule has 0 unspecified atom stereocenters. The average Bonchev–Trinajstić information content (AvgIpc) is 2.48. The third kappa shape index (κ3) is 6.18. The van der Waals surface area contributed by atoms with E-state index in [1.54, 1.807) is 17.0 Å². The Morgan fingerprint density at radius 2 is 1.71 bits per heavy atom. The van der Waals surface area contributed by atoms with Gasteiger partial charge in [0.2, 0.25) is 0 Å². The first-order valence-corrected chi connectivity index (χ1v) is 7.62. The van der Waals surface area contributed by atoms with Gasteiger partial charge in [-0.3, -0.25) is 4.79 Å². The van der Waals surface area contributed by atoms with Crippen LogP contribution in [0.25, 0.3) is 0 Å². The molecule has 0 aromatic carbocycles. The van der Waals surface area contributed by atoms with Crippen molar-refractivity contribution < 1.29 is 14.3 Å². The van der Waals surface area contributed by atoms with E-state index in [1.165, 1.54) is 0 Å². The van der Waals surface area contributed by atoms with Crippen molar-refractivity contribution in [3.63, 3.8) is 0 Å². The van der Waals surface area contributed by atoms with Crippen LogP contribution in [0.5, 0.6) is 0 Å². The minimum absolute atomic E-state index is 0.150. The van der Waals surface area contributed by atoms with Crippen LogP contribution in [0.3, 0.4) is 0 Å². The highest BCUT2D eigenvalue weighted by Crippen LogP contribution is 2.18. The van der Waals surface area contributed by atoms with Gasteiger partial charge in [0, 0.05) is 26.3 Å². The molecule has 1 heterocycles. The summed E-state index contributed by atoms with van der Waals surface area (Å²) in [7, 11) is 0. The summed E-state index contributed by atoms with van der Waals surface area (Å²) >= 11 is 11.9. The van der Waals surface area contributed by atoms with Crippen molar-refractivity contribution >= 4 is 29.1 Å². The van der Waals surface area contributed by atoms with Crippen molar-refractivity contribution in [3.05, 3.63) is 28.0 Å². The van der Waals surface area contributed by atoms with Crippen molar-refractivity contribution in [1.29, 1.82) is 0 Å². The van der Waals surface area contributed by atoms with Crippen LogP contribution >= 0.6 is 23.2 Å². The summed E-state index contributed by atoms with van der Waals surface area (Å²) in [4.78, 5) is 18.1. The van der Waals surface area contributed by atoms with E-state index >= 15 is 0 Å². The minimum Gasteiger partial charge on any atom is -0.380 e. The smallest absolute Gasteiger partial charge is 0.274 e. The van der Waals surface area contributed by atoms with E-state index in [0.29, 0.717) is 39.5 Å². The Morgan fingerprint density at radius 3 is 2.24 bits per heavy atom. The number of carbonyl (C=O) groups is 1. The second-order valence-corrected chi connectivity index (χ2v) is 4.94. The van der Waals surface area contributed by atoms with Crippen LogP contribution in [0.1, 0.15) is 24.3 Å². The molecule has 5 nitrogen and oxygen atoms in total. The maximum atomic E-state index is 12.5. The summed E-state index contributed by atoms with van der Waals surface area (Å²) in [6.07, 6.45) is 0. The molecule has 1 aromatic heterocycles. The molecule has 1 aromatic rings. The number of hydrogen-bond donors (Lipinski definition) is 0. The Bertz CT molecular complexity index is 448. The number of halogens is 2. The van der Waals surface area contributed by atoms with Crippen molar-refractivity contribution in [2.24, 2.45) is 0 Å². The van der Waals surface area contributed by atoms with Crippen LogP contribution in [0.15, 0.2) is 12.1 Å². The zero-order valence-corrected chi connectivity index (χ0v) is 13.8. The number of ether oxygens (including phenoxy) is 2. The lowest BCUT2D eigenvalue weighted by Gasteiger charge is -2.22. The zero-order valence-electron chi connectivity index (χ0n) is 12.3. The minimum atomic E-state index is -0.276. The monoisotopic (exact) mass is 334 g/mol. The molecule has 0 radical (unpaired) electrons. The van der Waals surface area contributed by atoms with Gasteiger partial charge in [0.25, 0.3) is 5.91 Å². The second kappa shape index (κ2) is 9.95. The summed E-state index contributed by atoms with van der Waals surface area (Å²) in [5.74, 6) is -0.276. The third-order valence-electron chi connectivity index (χ3n) is 2.72. The molecule has 0 spiro atoms. The van der Waals surface area contributed by atoms with Crippen LogP contribution < -0.4 is 0 Å². The first kappa shape index (κ1) is 18.2. The van der Waals surface area contributed by atoms with Crippen molar-refractivity contribution in [2.75, 3.05) is 39.5 Å². The quantitative estimate of drug-likeness (QED) is 0.514. The van der Waals surface area contributed by atoms with Crippen LogP contribution in [0.4, 0.5) is 0 Å². The van der Waals surface area contributed by atoms with E-state index < -0.39 is 0 Å². The van der Waals surface area contributed by atoms with Gasteiger partial charge < -0.3 is 14.4 Å². The van der Waals surface area contributed by atoms with Gasteiger partial charge in [0.05, 0.1) is 18.2 Å². The van der Waals surface area contributed by atoms with Gasteiger partial charge in [-0.1, -0.05) is 23.2 Å². The summed E-state index contributed by atoms with van der Waals surface area (Å²) in [6, 6.07) is 3.11. The molecule has 0 aliphatic carbocycles. The largest absolute Gasteiger partial charge is 0.380 e. The van der Waals surface area contributed by atoms with Gasteiger partial charge in [-0.05, 0) is 26.0 Å². The van der Waals surface area contributed by atoms with E-state index in [-0.39, 0.29) is 21.8 Å². The van der Waals surface area contributed by atoms with Crippen LogP contribution in [0, 0.1) is 0 Å². The van der Waals surface area contributed by atoms with Gasteiger partial charge in [-0.25, -0.2) is 4.98 Å². The molecule has 1 amide bonds. The van der Waals surface area contributed by atoms with Gasteiger partial charge in [0.15, 0.2) is 0 Å². The standard InChI is InChI=1S/C14H20Cl2N2O3/c1-3-20-9-7-18(8-10-21-4-2)14(19)13-11(15)5-6-12(16)17-13/h5-6H,3-4,7-10H2,1-2H3. The SMILES string of the molecule is CCOCCN(CCOCC)C(=O)c1nc(Cl)ccc1Cl. The van der Waals surface area contributed by atoms with E-state index in [2.05, 4.69) is 4.98 Å². The Hall–Kier alpha value is -0.880. The second-order valence-electron chi connectivity index (χ2n) is 4.15. The molecule has 21 heavy (non-hydrogen) atoms. The number of carbonyl (C=O) groups excluding carboxylic acids is 1. The topological polar surface area (TPSA) is 51.7 Å². The lowest BCUT2D eigenvalue weighted by molar-refractivity contribution is 0.0545. The zero-order chi connectivity index (χ0) is 15.7. The number of rotatable bonds is 9. The molecule has 0 aliphatic rings. The lowest BCUT2D eigenvalue weighted by Crippen LogP contribution is -2.37. The predicted octanol–water partition coefficient (Wildman–Crippen LogP) is 2.90. The summed E-state index contributed by atoms with van der Waals surface area (Å²) < 4.78 is 10.6. The number of amides is 1. The Labute approximate surface area is 135 Å². The molecular formula is C14H20Cl2N2O3. The summed E-state index contributed by atoms with van der Waals surface area (Å²) in [5, 5.41) is 0.513. The molecule has 0 saturated carbocycles. The maximum Gasteiger partial charge on any atom is 0.274 e. The maximum absolute atomic E-state index is 12.5. The predicted molar refractivity (Wildman–Crippen MR) is 83.1 cm³/mol. The average molecular weight is 335 g/mol. The number of pyridine rings is 1. The molecule has 0 aliphatic heterocycles. The van der Waals surface area contributed by atoms with Crippen molar-refractivity contribution in [3.8, 4) is 0 Å². The molecule has 1 rings (SSSR count). The van der Waals surface area contributed by atoms with Crippen molar-refractivity contribution in [1.82, 2.24) is 9.88 Å². The van der Waals surface area contributed by atoms with Gasteiger partial charge in [-0.15, -0.1) is 0 Å². The molecule has 0 fully saturated rings. The Balaban J connectivity index is 2.79. The highest BCUT2D eigenvalue weighted by molar-refractivity contribution is 6.34. The van der Waals surface area contributed by atoms with E-state index in [9.17, 15) is 4.79 Å². The molecule has 0 atom stereocenters. The summed E-state index contributed by atoms with van der Waals surface area (Å²) in [6.45, 7) is 6.81. The molecular weight excluding hydrogens is 315 g/mol. The highest BCUT2D eigenvalue weighted by Gasteiger charge is 2.20. The number of hydrogen-bond acceptors (Lipinski definition) is 4. The van der Waals surface area contributed by atoms with Crippen molar-refractivity contribution in [2.45, 2.75) is 13.8 Å². The van der Waals surface area contributed by atoms with Gasteiger partial charge >= 0.3 is 0 Å². The number of nitrogens with zero attached hydrogens (tertiary/aromatic N) is 2. The fourth-order valence-corrected chi connectivity index (χ4v) is 2.00. The first-order valence-electron chi connectivity index (χ1n) is 6.86. The normalized spacial score (nSPS) is 10.7. The molecule has 0 saturated heterocycles. The molecule has 118 valence electrons. The van der Waals surface area contributed by atoms with Crippen LogP contribution in [-0.2, 0) is 9.47 Å². The van der Waals surface area contributed by atoms with E-state index in [0.717, 1.165) is 0 Å². The first-order chi connectivity index (χ1) is 10.1. The van der Waals surface area contributed by atoms with Crippen LogP contribution in [-0.4, -0.2) is 55.3 Å². The van der Waals surface area contributed by atoms with Gasteiger partial charge in [-0.2, -0.15) is 0 Å². The molecule has 0 N–H and O–H groups in total. The fourth-order valence-electron chi connectivity index (χ4n) is 1.67. The van der Waals surface area contributed by atoms with E-state index in [1.807, 2.05) is 13.8 Å². The van der Waals surface area contributed by atoms with Crippen LogP contribution in [0.2, 0.25) is 10.2 Å². The van der Waals surface area contributed by atoms with E-state index in [4.69, 9.17) is 32.7 Å². The third-order valence-corrected chi connectivity index (χ3v) is 3.24. The Kier molecular flexibility index (Phi) is 8.61. The Morgan fingerprint density at radius 1 is 1.14 bits per heavy atom. The highest BCUT2D eigenvalue weighted by atomic mass is 35.5. The molecule has 7 heteroatoms. The van der Waals surface area contributed by atoms with Gasteiger partial charge in [0.1, 0.15) is 10.8 Å².